The third-order valence-corrected chi connectivity index (χ3v) is 4.22. The van der Waals surface area contributed by atoms with Gasteiger partial charge in [0.05, 0.1) is 12.8 Å². The lowest BCUT2D eigenvalue weighted by atomic mass is 10.2. The molecule has 1 aliphatic carbocycles. The molecule has 0 atom stereocenters. The van der Waals surface area contributed by atoms with Gasteiger partial charge in [-0.05, 0) is 37.1 Å². The molecule has 0 unspecified atom stereocenters. The number of methoxy groups -OCH3 is 1. The molecule has 1 aromatic carbocycles. The number of halogens is 1. The Bertz CT molecular complexity index is 732. The number of nitrogens with zero attached hydrogens (tertiary/aromatic N) is 2. The molecule has 1 fully saturated rings. The predicted molar refractivity (Wildman–Crippen MR) is 93.9 cm³/mol. The lowest BCUT2D eigenvalue weighted by Gasteiger charge is -2.13. The van der Waals surface area contributed by atoms with Gasteiger partial charge in [0.2, 0.25) is 5.95 Å². The molecule has 1 heterocycles. The summed E-state index contributed by atoms with van der Waals surface area (Å²) in [7, 11) is 1.53. The average Bonchev–Trinajstić information content (AvgIpc) is 3.08. The molecule has 0 radical (unpaired) electrons. The molecule has 2 aromatic rings. The van der Waals surface area contributed by atoms with Gasteiger partial charge in [0.25, 0.3) is 5.91 Å². The maximum atomic E-state index is 12.5. The van der Waals surface area contributed by atoms with Crippen molar-refractivity contribution in [3.8, 4) is 5.75 Å². The smallest absolute Gasteiger partial charge is 0.274 e. The average molecular weight is 347 g/mol. The van der Waals surface area contributed by atoms with Crippen LogP contribution in [0.5, 0.6) is 5.75 Å². The standard InChI is InChI=1S/C17H19ClN4O2/c1-24-15-7-6-11(18)10-14(15)21-16(23)13-8-9-19-17(22-13)20-12-4-2-3-5-12/h6-10,12H,2-5H2,1H3,(H,21,23)(H,19,20,22). The molecule has 0 aliphatic heterocycles. The molecular weight excluding hydrogens is 328 g/mol. The summed E-state index contributed by atoms with van der Waals surface area (Å²) < 4.78 is 5.23. The van der Waals surface area contributed by atoms with Crippen LogP contribution in [-0.2, 0) is 0 Å². The minimum atomic E-state index is -0.340. The van der Waals surface area contributed by atoms with Crippen molar-refractivity contribution in [1.82, 2.24) is 9.97 Å². The predicted octanol–water partition coefficient (Wildman–Crippen LogP) is 3.75. The second-order valence-electron chi connectivity index (χ2n) is 5.69. The summed E-state index contributed by atoms with van der Waals surface area (Å²) in [5, 5.41) is 6.57. The van der Waals surface area contributed by atoms with Gasteiger partial charge in [0.15, 0.2) is 0 Å². The Balaban J connectivity index is 1.74. The van der Waals surface area contributed by atoms with E-state index in [-0.39, 0.29) is 11.6 Å². The first-order chi connectivity index (χ1) is 11.7. The van der Waals surface area contributed by atoms with Crippen molar-refractivity contribution >= 4 is 29.1 Å². The van der Waals surface area contributed by atoms with Gasteiger partial charge in [0.1, 0.15) is 11.4 Å². The van der Waals surface area contributed by atoms with Crippen LogP contribution in [0, 0.1) is 0 Å². The second kappa shape index (κ2) is 7.49. The maximum Gasteiger partial charge on any atom is 0.274 e. The number of amides is 1. The Labute approximate surface area is 145 Å². The highest BCUT2D eigenvalue weighted by Gasteiger charge is 2.17. The van der Waals surface area contributed by atoms with Crippen LogP contribution in [0.25, 0.3) is 0 Å². The summed E-state index contributed by atoms with van der Waals surface area (Å²) in [5.74, 6) is 0.672. The van der Waals surface area contributed by atoms with Crippen LogP contribution in [0.15, 0.2) is 30.5 Å². The Hall–Kier alpha value is -2.34. The molecule has 0 bridgehead atoms. The van der Waals surface area contributed by atoms with Gasteiger partial charge in [-0.2, -0.15) is 0 Å². The Morgan fingerprint density at radius 2 is 2.08 bits per heavy atom. The highest BCUT2D eigenvalue weighted by Crippen LogP contribution is 2.28. The van der Waals surface area contributed by atoms with E-state index in [9.17, 15) is 4.79 Å². The third kappa shape index (κ3) is 3.94. The van der Waals surface area contributed by atoms with E-state index >= 15 is 0 Å². The van der Waals surface area contributed by atoms with Crippen molar-refractivity contribution in [2.75, 3.05) is 17.7 Å². The zero-order valence-corrected chi connectivity index (χ0v) is 14.1. The third-order valence-electron chi connectivity index (χ3n) is 3.99. The van der Waals surface area contributed by atoms with E-state index in [1.54, 1.807) is 30.5 Å². The largest absolute Gasteiger partial charge is 0.495 e. The van der Waals surface area contributed by atoms with E-state index in [0.717, 1.165) is 12.8 Å². The minimum absolute atomic E-state index is 0.285. The number of benzene rings is 1. The quantitative estimate of drug-likeness (QED) is 0.862. The molecule has 7 heteroatoms. The Morgan fingerprint density at radius 1 is 1.29 bits per heavy atom. The van der Waals surface area contributed by atoms with Crippen molar-refractivity contribution < 1.29 is 9.53 Å². The summed E-state index contributed by atoms with van der Waals surface area (Å²) in [5.41, 5.74) is 0.784. The van der Waals surface area contributed by atoms with Crippen molar-refractivity contribution in [2.24, 2.45) is 0 Å². The SMILES string of the molecule is COc1ccc(Cl)cc1NC(=O)c1ccnc(NC2CCCC2)n1. The number of carbonyl (C=O) groups excluding carboxylic acids is 1. The van der Waals surface area contributed by atoms with E-state index in [1.165, 1.54) is 20.0 Å². The first kappa shape index (κ1) is 16.5. The minimum Gasteiger partial charge on any atom is -0.495 e. The normalized spacial score (nSPS) is 14.4. The molecule has 0 spiro atoms. The number of aromatic nitrogens is 2. The number of rotatable bonds is 5. The number of anilines is 2. The fourth-order valence-corrected chi connectivity index (χ4v) is 2.94. The van der Waals surface area contributed by atoms with Crippen molar-refractivity contribution in [1.29, 1.82) is 0 Å². The van der Waals surface area contributed by atoms with Gasteiger partial charge in [-0.3, -0.25) is 4.79 Å². The molecule has 1 saturated carbocycles. The molecule has 1 aliphatic rings. The molecule has 24 heavy (non-hydrogen) atoms. The summed E-state index contributed by atoms with van der Waals surface area (Å²) in [4.78, 5) is 20.9. The zero-order valence-electron chi connectivity index (χ0n) is 13.4. The van der Waals surface area contributed by atoms with E-state index in [2.05, 4.69) is 20.6 Å². The van der Waals surface area contributed by atoms with Gasteiger partial charge in [-0.15, -0.1) is 0 Å². The first-order valence-electron chi connectivity index (χ1n) is 7.90. The summed E-state index contributed by atoms with van der Waals surface area (Å²) >= 11 is 5.98. The van der Waals surface area contributed by atoms with Gasteiger partial charge < -0.3 is 15.4 Å². The number of hydrogen-bond acceptors (Lipinski definition) is 5. The molecule has 6 nitrogen and oxygen atoms in total. The van der Waals surface area contributed by atoms with Crippen molar-refractivity contribution in [3.05, 3.63) is 41.2 Å². The molecule has 3 rings (SSSR count). The summed E-state index contributed by atoms with van der Waals surface area (Å²) in [6.07, 6.45) is 6.23. The number of nitrogens with one attached hydrogen (secondary N) is 2. The van der Waals surface area contributed by atoms with Crippen LogP contribution < -0.4 is 15.4 Å². The van der Waals surface area contributed by atoms with Crippen LogP contribution in [0.2, 0.25) is 5.02 Å². The molecule has 1 aromatic heterocycles. The summed E-state index contributed by atoms with van der Waals surface area (Å²) in [6, 6.07) is 7.00. The van der Waals surface area contributed by atoms with Crippen molar-refractivity contribution in [3.63, 3.8) is 0 Å². The number of carbonyl (C=O) groups is 1. The highest BCUT2D eigenvalue weighted by molar-refractivity contribution is 6.31. The summed E-state index contributed by atoms with van der Waals surface area (Å²) in [6.45, 7) is 0. The number of hydrogen-bond donors (Lipinski definition) is 2. The van der Waals surface area contributed by atoms with Crippen LogP contribution >= 0.6 is 11.6 Å². The van der Waals surface area contributed by atoms with Gasteiger partial charge >= 0.3 is 0 Å². The molecule has 2 N–H and O–H groups in total. The molecule has 126 valence electrons. The second-order valence-corrected chi connectivity index (χ2v) is 6.13. The van der Waals surface area contributed by atoms with E-state index in [1.807, 2.05) is 0 Å². The molecule has 1 amide bonds. The van der Waals surface area contributed by atoms with Crippen LogP contribution in [-0.4, -0.2) is 29.0 Å². The Morgan fingerprint density at radius 3 is 2.83 bits per heavy atom. The monoisotopic (exact) mass is 346 g/mol. The van der Waals surface area contributed by atoms with E-state index in [4.69, 9.17) is 16.3 Å². The van der Waals surface area contributed by atoms with Crippen molar-refractivity contribution in [2.45, 2.75) is 31.7 Å². The lowest BCUT2D eigenvalue weighted by molar-refractivity contribution is 0.102. The zero-order chi connectivity index (χ0) is 16.9. The van der Waals surface area contributed by atoms with Gasteiger partial charge in [0, 0.05) is 17.3 Å². The topological polar surface area (TPSA) is 76.1 Å². The van der Waals surface area contributed by atoms with Gasteiger partial charge in [-0.1, -0.05) is 24.4 Å². The number of ether oxygens (including phenoxy) is 1. The first-order valence-corrected chi connectivity index (χ1v) is 8.28. The van der Waals surface area contributed by atoms with Crippen LogP contribution in [0.1, 0.15) is 36.2 Å². The van der Waals surface area contributed by atoms with Gasteiger partial charge in [-0.25, -0.2) is 9.97 Å². The Kier molecular flexibility index (Phi) is 5.15. The molecule has 0 saturated heterocycles. The lowest BCUT2D eigenvalue weighted by Crippen LogP contribution is -2.19. The fourth-order valence-electron chi connectivity index (χ4n) is 2.77. The van der Waals surface area contributed by atoms with Crippen LogP contribution in [0.4, 0.5) is 11.6 Å². The van der Waals surface area contributed by atoms with Crippen LogP contribution in [0.3, 0.4) is 0 Å². The van der Waals surface area contributed by atoms with E-state index < -0.39 is 0 Å². The van der Waals surface area contributed by atoms with E-state index in [0.29, 0.717) is 28.4 Å². The molecular formula is C17H19ClN4O2. The highest BCUT2D eigenvalue weighted by atomic mass is 35.5. The fraction of sp³-hybridized carbons (Fsp3) is 0.353. The maximum absolute atomic E-state index is 12.5.